The molecule has 0 spiro atoms. The van der Waals surface area contributed by atoms with Gasteiger partial charge in [0.05, 0.1) is 6.04 Å². The Bertz CT molecular complexity index is 404. The number of aryl methyl sites for hydroxylation is 1. The van der Waals surface area contributed by atoms with Gasteiger partial charge in [0.1, 0.15) is 5.75 Å². The molecule has 4 N–H and O–H groups in total. The highest BCUT2D eigenvalue weighted by Crippen LogP contribution is 2.21. The van der Waals surface area contributed by atoms with Crippen LogP contribution in [0.25, 0.3) is 0 Å². The average molecular weight is 236 g/mol. The summed E-state index contributed by atoms with van der Waals surface area (Å²) in [5.41, 5.74) is 7.15. The number of hydrogen-bond donors (Lipinski definition) is 3. The molecular weight excluding hydrogens is 216 g/mol. The minimum atomic E-state index is -0.525. The lowest BCUT2D eigenvalue weighted by Crippen LogP contribution is -2.40. The number of carbonyl (C=O) groups excluding carboxylic acids is 1. The Morgan fingerprint density at radius 1 is 1.53 bits per heavy atom. The second-order valence-corrected chi connectivity index (χ2v) is 4.40. The van der Waals surface area contributed by atoms with Gasteiger partial charge in [0, 0.05) is 11.8 Å². The molecule has 0 aliphatic rings. The quantitative estimate of drug-likeness (QED) is 0.748. The zero-order chi connectivity index (χ0) is 13.0. The number of phenols is 1. The van der Waals surface area contributed by atoms with Gasteiger partial charge < -0.3 is 16.2 Å². The van der Waals surface area contributed by atoms with Crippen LogP contribution >= 0.6 is 0 Å². The van der Waals surface area contributed by atoms with Crippen molar-refractivity contribution in [2.75, 3.05) is 5.32 Å². The number of phenolic OH excluding ortho intramolecular Hbond substituents is 1. The van der Waals surface area contributed by atoms with Crippen molar-refractivity contribution in [3.63, 3.8) is 0 Å². The summed E-state index contributed by atoms with van der Waals surface area (Å²) in [6, 6.07) is 4.50. The van der Waals surface area contributed by atoms with Crippen LogP contribution in [0.3, 0.4) is 0 Å². The maximum atomic E-state index is 11.8. The summed E-state index contributed by atoms with van der Waals surface area (Å²) in [6.07, 6.45) is 0.855. The molecule has 0 saturated heterocycles. The van der Waals surface area contributed by atoms with Crippen LogP contribution < -0.4 is 11.1 Å². The van der Waals surface area contributed by atoms with Crippen LogP contribution in [-0.4, -0.2) is 17.1 Å². The topological polar surface area (TPSA) is 75.4 Å². The van der Waals surface area contributed by atoms with E-state index in [9.17, 15) is 9.90 Å². The van der Waals surface area contributed by atoms with E-state index in [-0.39, 0.29) is 17.6 Å². The lowest BCUT2D eigenvalue weighted by atomic mass is 9.99. The van der Waals surface area contributed by atoms with Crippen molar-refractivity contribution in [1.29, 1.82) is 0 Å². The lowest BCUT2D eigenvalue weighted by molar-refractivity contribution is -0.118. The van der Waals surface area contributed by atoms with Crippen LogP contribution in [0.4, 0.5) is 5.69 Å². The molecule has 0 unspecified atom stereocenters. The molecule has 0 radical (unpaired) electrons. The molecule has 0 aliphatic heterocycles. The number of amides is 1. The van der Waals surface area contributed by atoms with E-state index >= 15 is 0 Å². The molecule has 0 aliphatic carbocycles. The van der Waals surface area contributed by atoms with E-state index < -0.39 is 6.04 Å². The van der Waals surface area contributed by atoms with Crippen LogP contribution in [0.2, 0.25) is 0 Å². The fraction of sp³-hybridized carbons (Fsp3) is 0.462. The molecule has 4 nitrogen and oxygen atoms in total. The molecule has 0 bridgehead atoms. The maximum absolute atomic E-state index is 11.8. The van der Waals surface area contributed by atoms with E-state index in [2.05, 4.69) is 5.32 Å². The Morgan fingerprint density at radius 3 is 2.71 bits per heavy atom. The van der Waals surface area contributed by atoms with Gasteiger partial charge in [0.15, 0.2) is 0 Å². The van der Waals surface area contributed by atoms with Gasteiger partial charge in [-0.15, -0.1) is 0 Å². The molecule has 17 heavy (non-hydrogen) atoms. The largest absolute Gasteiger partial charge is 0.508 e. The predicted octanol–water partition coefficient (Wildman–Crippen LogP) is 2.01. The summed E-state index contributed by atoms with van der Waals surface area (Å²) >= 11 is 0. The van der Waals surface area contributed by atoms with Crippen LogP contribution in [0.5, 0.6) is 5.75 Å². The number of aromatic hydroxyl groups is 1. The maximum Gasteiger partial charge on any atom is 0.241 e. The third kappa shape index (κ3) is 3.46. The first-order valence-corrected chi connectivity index (χ1v) is 5.81. The van der Waals surface area contributed by atoms with E-state index in [1.165, 1.54) is 6.07 Å². The van der Waals surface area contributed by atoms with Crippen molar-refractivity contribution in [2.45, 2.75) is 33.2 Å². The van der Waals surface area contributed by atoms with E-state index in [4.69, 9.17) is 5.73 Å². The fourth-order valence-corrected chi connectivity index (χ4v) is 1.43. The first kappa shape index (κ1) is 13.5. The Kier molecular flexibility index (Phi) is 4.52. The van der Waals surface area contributed by atoms with Gasteiger partial charge in [0.25, 0.3) is 0 Å². The van der Waals surface area contributed by atoms with E-state index in [0.29, 0.717) is 5.69 Å². The van der Waals surface area contributed by atoms with Crippen molar-refractivity contribution >= 4 is 11.6 Å². The smallest absolute Gasteiger partial charge is 0.241 e. The molecule has 0 saturated carbocycles. The summed E-state index contributed by atoms with van der Waals surface area (Å²) in [7, 11) is 0. The SMILES string of the molecule is CC[C@H](C)[C@H](N)C(=O)Nc1ccc(C)c(O)c1. The number of benzene rings is 1. The third-order valence-corrected chi connectivity index (χ3v) is 3.04. The lowest BCUT2D eigenvalue weighted by Gasteiger charge is -2.17. The summed E-state index contributed by atoms with van der Waals surface area (Å²) in [6.45, 7) is 5.73. The van der Waals surface area contributed by atoms with E-state index in [0.717, 1.165) is 12.0 Å². The number of rotatable bonds is 4. The van der Waals surface area contributed by atoms with Gasteiger partial charge in [-0.25, -0.2) is 0 Å². The molecule has 0 heterocycles. The number of hydrogen-bond acceptors (Lipinski definition) is 3. The minimum Gasteiger partial charge on any atom is -0.508 e. The van der Waals surface area contributed by atoms with Crippen LogP contribution in [0.15, 0.2) is 18.2 Å². The van der Waals surface area contributed by atoms with Gasteiger partial charge >= 0.3 is 0 Å². The molecule has 0 fully saturated rings. The molecule has 4 heteroatoms. The zero-order valence-electron chi connectivity index (χ0n) is 10.5. The Hall–Kier alpha value is -1.55. The minimum absolute atomic E-state index is 0.133. The number of nitrogens with two attached hydrogens (primary N) is 1. The Morgan fingerprint density at radius 2 is 2.18 bits per heavy atom. The molecule has 94 valence electrons. The van der Waals surface area contributed by atoms with Gasteiger partial charge in [-0.3, -0.25) is 4.79 Å². The van der Waals surface area contributed by atoms with Crippen molar-refractivity contribution in [2.24, 2.45) is 11.7 Å². The summed E-state index contributed by atoms with van der Waals surface area (Å²) < 4.78 is 0. The van der Waals surface area contributed by atoms with Crippen LogP contribution in [0.1, 0.15) is 25.8 Å². The van der Waals surface area contributed by atoms with Gasteiger partial charge in [-0.05, 0) is 24.5 Å². The molecule has 1 aromatic rings. The Labute approximate surface area is 102 Å². The van der Waals surface area contributed by atoms with Crippen molar-refractivity contribution in [3.05, 3.63) is 23.8 Å². The molecular formula is C13H20N2O2. The second kappa shape index (κ2) is 5.68. The zero-order valence-corrected chi connectivity index (χ0v) is 10.5. The second-order valence-electron chi connectivity index (χ2n) is 4.40. The summed E-state index contributed by atoms with van der Waals surface area (Å²) in [4.78, 5) is 11.8. The molecule has 1 rings (SSSR count). The van der Waals surface area contributed by atoms with Gasteiger partial charge in [0.2, 0.25) is 5.91 Å². The summed E-state index contributed by atoms with van der Waals surface area (Å²) in [5, 5.41) is 12.2. The average Bonchev–Trinajstić information content (AvgIpc) is 2.31. The third-order valence-electron chi connectivity index (χ3n) is 3.04. The highest BCUT2D eigenvalue weighted by molar-refractivity contribution is 5.95. The Balaban J connectivity index is 2.71. The highest BCUT2D eigenvalue weighted by atomic mass is 16.3. The molecule has 2 atom stereocenters. The number of anilines is 1. The highest BCUT2D eigenvalue weighted by Gasteiger charge is 2.19. The predicted molar refractivity (Wildman–Crippen MR) is 68.9 cm³/mol. The van der Waals surface area contributed by atoms with Gasteiger partial charge in [-0.1, -0.05) is 26.3 Å². The molecule has 1 aromatic carbocycles. The normalized spacial score (nSPS) is 14.1. The number of carbonyl (C=O) groups is 1. The van der Waals surface area contributed by atoms with E-state index in [1.54, 1.807) is 19.1 Å². The van der Waals surface area contributed by atoms with Crippen LogP contribution in [0, 0.1) is 12.8 Å². The van der Waals surface area contributed by atoms with Crippen LogP contribution in [-0.2, 0) is 4.79 Å². The van der Waals surface area contributed by atoms with E-state index in [1.807, 2.05) is 13.8 Å². The van der Waals surface area contributed by atoms with Crippen molar-refractivity contribution in [1.82, 2.24) is 0 Å². The summed E-state index contributed by atoms with van der Waals surface area (Å²) in [5.74, 6) is 0.0801. The first-order chi connectivity index (χ1) is 7.95. The molecule has 1 amide bonds. The standard InChI is InChI=1S/C13H20N2O2/c1-4-8(2)12(14)13(17)15-10-6-5-9(3)11(16)7-10/h5-8,12,16H,4,14H2,1-3H3,(H,15,17)/t8-,12-/m0/s1. The van der Waals surface area contributed by atoms with Crippen molar-refractivity contribution in [3.8, 4) is 5.75 Å². The first-order valence-electron chi connectivity index (χ1n) is 5.81. The molecule has 0 aromatic heterocycles. The number of nitrogens with one attached hydrogen (secondary N) is 1. The van der Waals surface area contributed by atoms with Gasteiger partial charge in [-0.2, -0.15) is 0 Å². The van der Waals surface area contributed by atoms with Crippen molar-refractivity contribution < 1.29 is 9.90 Å². The monoisotopic (exact) mass is 236 g/mol. The fourth-order valence-electron chi connectivity index (χ4n) is 1.43.